The molecule has 0 saturated carbocycles. The normalized spacial score (nSPS) is 20.8. The molecule has 1 N–H and O–H groups in total. The van der Waals surface area contributed by atoms with Crippen molar-refractivity contribution in [2.45, 2.75) is 38.8 Å². The van der Waals surface area contributed by atoms with Crippen LogP contribution < -0.4 is 9.47 Å². The summed E-state index contributed by atoms with van der Waals surface area (Å²) in [5.41, 5.74) is 1.23. The van der Waals surface area contributed by atoms with Crippen LogP contribution in [0.1, 0.15) is 31.7 Å². The van der Waals surface area contributed by atoms with Gasteiger partial charge in [0.25, 0.3) is 0 Å². The Kier molecular flexibility index (Phi) is 8.40. The molecule has 158 valence electrons. The molecule has 3 rings (SSSR count). The Morgan fingerprint density at radius 1 is 0.929 bits per heavy atom. The second-order valence-electron chi connectivity index (χ2n) is 8.02. The second kappa shape index (κ2) is 11.0. The molecule has 0 aromatic heterocycles. The van der Waals surface area contributed by atoms with Gasteiger partial charge in [-0.2, -0.15) is 0 Å². The summed E-state index contributed by atoms with van der Waals surface area (Å²) in [6, 6.07) is 6.16. The Bertz CT molecular complexity index is 584. The molecule has 1 unspecified atom stereocenters. The fourth-order valence-corrected chi connectivity index (χ4v) is 4.13. The number of hydrogen-bond acceptors (Lipinski definition) is 6. The molecule has 2 fully saturated rings. The number of likely N-dealkylation sites (tertiary alicyclic amines) is 1. The van der Waals surface area contributed by atoms with E-state index in [1.54, 1.807) is 7.11 Å². The molecule has 0 amide bonds. The van der Waals surface area contributed by atoms with Gasteiger partial charge in [-0.3, -0.25) is 4.90 Å². The van der Waals surface area contributed by atoms with Crippen molar-refractivity contribution < 1.29 is 14.6 Å². The number of hydrogen-bond donors (Lipinski definition) is 1. The zero-order valence-corrected chi connectivity index (χ0v) is 17.6. The van der Waals surface area contributed by atoms with Crippen LogP contribution in [0.3, 0.4) is 0 Å². The Hall–Kier alpha value is -1.34. The summed E-state index contributed by atoms with van der Waals surface area (Å²) in [5, 5.41) is 10.4. The van der Waals surface area contributed by atoms with Gasteiger partial charge in [-0.15, -0.1) is 0 Å². The van der Waals surface area contributed by atoms with Crippen molar-refractivity contribution in [3.63, 3.8) is 0 Å². The van der Waals surface area contributed by atoms with Crippen molar-refractivity contribution in [1.29, 1.82) is 0 Å². The van der Waals surface area contributed by atoms with Gasteiger partial charge in [-0.25, -0.2) is 0 Å². The molecule has 6 nitrogen and oxygen atoms in total. The lowest BCUT2D eigenvalue weighted by Gasteiger charge is -2.34. The molecule has 2 heterocycles. The molecule has 0 radical (unpaired) electrons. The van der Waals surface area contributed by atoms with Crippen molar-refractivity contribution >= 4 is 0 Å². The minimum absolute atomic E-state index is 0.297. The van der Waals surface area contributed by atoms with Crippen molar-refractivity contribution in [3.05, 3.63) is 23.8 Å². The number of benzene rings is 1. The van der Waals surface area contributed by atoms with Gasteiger partial charge in [-0.1, -0.05) is 19.4 Å². The Morgan fingerprint density at radius 2 is 1.64 bits per heavy atom. The van der Waals surface area contributed by atoms with Gasteiger partial charge in [0.15, 0.2) is 11.5 Å². The number of aliphatic hydroxyl groups excluding tert-OH is 1. The summed E-state index contributed by atoms with van der Waals surface area (Å²) in [6.45, 7) is 11.9. The van der Waals surface area contributed by atoms with Gasteiger partial charge in [0.05, 0.1) is 7.11 Å². The van der Waals surface area contributed by atoms with E-state index in [2.05, 4.69) is 33.8 Å². The summed E-state index contributed by atoms with van der Waals surface area (Å²) in [4.78, 5) is 7.31. The highest BCUT2D eigenvalue weighted by Crippen LogP contribution is 2.29. The van der Waals surface area contributed by atoms with Gasteiger partial charge < -0.3 is 24.4 Å². The number of ether oxygens (including phenoxy) is 2. The molecule has 0 bridgehead atoms. The molecule has 2 aliphatic rings. The number of β-amino-alcohol motifs (C(OH)–C–C–N with tert-alkyl or cyclic N) is 1. The van der Waals surface area contributed by atoms with E-state index < -0.39 is 6.10 Å². The minimum atomic E-state index is -0.478. The third-order valence-electron chi connectivity index (χ3n) is 5.90. The fraction of sp³-hybridized carbons (Fsp3) is 0.727. The molecule has 6 heteroatoms. The van der Waals surface area contributed by atoms with Gasteiger partial charge in [0.2, 0.25) is 0 Å². The molecule has 2 aliphatic heterocycles. The van der Waals surface area contributed by atoms with E-state index >= 15 is 0 Å². The molecular weight excluding hydrogens is 354 g/mol. The van der Waals surface area contributed by atoms with E-state index in [1.807, 2.05) is 6.07 Å². The van der Waals surface area contributed by atoms with Crippen LogP contribution in [-0.4, -0.2) is 92.0 Å². The quantitative estimate of drug-likeness (QED) is 0.695. The average molecular weight is 392 g/mol. The number of aliphatic hydroxyl groups is 1. The maximum absolute atomic E-state index is 10.4. The van der Waals surface area contributed by atoms with Crippen LogP contribution in [0.15, 0.2) is 18.2 Å². The number of rotatable bonds is 9. The molecular formula is C22H37N3O3. The highest BCUT2D eigenvalue weighted by atomic mass is 16.5. The highest BCUT2D eigenvalue weighted by Gasteiger charge is 2.18. The Morgan fingerprint density at radius 3 is 2.32 bits per heavy atom. The van der Waals surface area contributed by atoms with E-state index in [0.717, 1.165) is 63.9 Å². The van der Waals surface area contributed by atoms with Gasteiger partial charge in [-0.05, 0) is 50.2 Å². The predicted molar refractivity (Wildman–Crippen MR) is 112 cm³/mol. The third kappa shape index (κ3) is 6.34. The lowest BCUT2D eigenvalue weighted by Crippen LogP contribution is -2.45. The van der Waals surface area contributed by atoms with E-state index in [4.69, 9.17) is 9.47 Å². The minimum Gasteiger partial charge on any atom is -0.493 e. The van der Waals surface area contributed by atoms with E-state index in [0.29, 0.717) is 13.2 Å². The molecule has 28 heavy (non-hydrogen) atoms. The first kappa shape index (κ1) is 21.4. The summed E-state index contributed by atoms with van der Waals surface area (Å²) in [6.07, 6.45) is 3.29. The van der Waals surface area contributed by atoms with Crippen LogP contribution in [0.2, 0.25) is 0 Å². The first-order valence-electron chi connectivity index (χ1n) is 10.8. The van der Waals surface area contributed by atoms with E-state index in [1.165, 1.54) is 24.8 Å². The first-order chi connectivity index (χ1) is 13.7. The van der Waals surface area contributed by atoms with Gasteiger partial charge >= 0.3 is 0 Å². The topological polar surface area (TPSA) is 48.4 Å². The average Bonchev–Trinajstić information content (AvgIpc) is 2.73. The van der Waals surface area contributed by atoms with Crippen molar-refractivity contribution in [1.82, 2.24) is 14.7 Å². The van der Waals surface area contributed by atoms with E-state index in [-0.39, 0.29) is 0 Å². The van der Waals surface area contributed by atoms with Crippen molar-refractivity contribution in [3.8, 4) is 11.5 Å². The fourth-order valence-electron chi connectivity index (χ4n) is 4.13. The molecule has 0 aliphatic carbocycles. The molecule has 1 atom stereocenters. The Labute approximate surface area is 170 Å². The second-order valence-corrected chi connectivity index (χ2v) is 8.02. The van der Waals surface area contributed by atoms with Crippen LogP contribution in [-0.2, 0) is 6.54 Å². The first-order valence-corrected chi connectivity index (χ1v) is 10.8. The smallest absolute Gasteiger partial charge is 0.161 e. The standard InChI is InChI=1S/C22H37N3O3/c1-3-23-11-13-25(14-12-23)16-19-7-8-21(27-2)22(15-19)28-18-20(26)17-24-9-5-4-6-10-24/h7-8,15,20,26H,3-6,9-14,16-18H2,1-2H3. The van der Waals surface area contributed by atoms with Crippen molar-refractivity contribution in [2.24, 2.45) is 0 Å². The monoisotopic (exact) mass is 391 g/mol. The van der Waals surface area contributed by atoms with E-state index in [9.17, 15) is 5.11 Å². The number of methoxy groups -OCH3 is 1. The van der Waals surface area contributed by atoms with Gasteiger partial charge in [0.1, 0.15) is 12.7 Å². The number of piperazine rings is 1. The third-order valence-corrected chi connectivity index (χ3v) is 5.90. The zero-order valence-electron chi connectivity index (χ0n) is 17.6. The Balaban J connectivity index is 1.52. The molecule has 0 spiro atoms. The molecule has 2 saturated heterocycles. The number of piperidine rings is 1. The van der Waals surface area contributed by atoms with Crippen LogP contribution in [0.25, 0.3) is 0 Å². The molecule has 1 aromatic carbocycles. The zero-order chi connectivity index (χ0) is 19.8. The van der Waals surface area contributed by atoms with Crippen LogP contribution >= 0.6 is 0 Å². The number of nitrogens with zero attached hydrogens (tertiary/aromatic N) is 3. The maximum Gasteiger partial charge on any atom is 0.161 e. The SMILES string of the molecule is CCN1CCN(Cc2ccc(OC)c(OCC(O)CN3CCCCC3)c2)CC1. The summed E-state index contributed by atoms with van der Waals surface area (Å²) < 4.78 is 11.4. The summed E-state index contributed by atoms with van der Waals surface area (Å²) >= 11 is 0. The summed E-state index contributed by atoms with van der Waals surface area (Å²) in [5.74, 6) is 1.45. The van der Waals surface area contributed by atoms with Crippen LogP contribution in [0.5, 0.6) is 11.5 Å². The molecule has 1 aromatic rings. The summed E-state index contributed by atoms with van der Waals surface area (Å²) in [7, 11) is 1.66. The highest BCUT2D eigenvalue weighted by molar-refractivity contribution is 5.43. The number of likely N-dealkylation sites (N-methyl/N-ethyl adjacent to an activating group) is 1. The lowest BCUT2D eigenvalue weighted by atomic mass is 10.1. The maximum atomic E-state index is 10.4. The van der Waals surface area contributed by atoms with Crippen LogP contribution in [0, 0.1) is 0 Å². The van der Waals surface area contributed by atoms with Gasteiger partial charge in [0, 0.05) is 39.3 Å². The largest absolute Gasteiger partial charge is 0.493 e. The predicted octanol–water partition coefficient (Wildman–Crippen LogP) is 2.06. The van der Waals surface area contributed by atoms with Crippen molar-refractivity contribution in [2.75, 3.05) is 66.1 Å². The lowest BCUT2D eigenvalue weighted by molar-refractivity contribution is 0.0607. The van der Waals surface area contributed by atoms with Crippen LogP contribution in [0.4, 0.5) is 0 Å².